The zero-order valence-corrected chi connectivity index (χ0v) is 10.6. The van der Waals surface area contributed by atoms with Crippen molar-refractivity contribution in [3.05, 3.63) is 47.2 Å². The number of aromatic carboxylic acids is 1. The smallest absolute Gasteiger partial charge is 0.354 e. The molecule has 2 heterocycles. The number of carbonyl (C=O) groups is 1. The van der Waals surface area contributed by atoms with Gasteiger partial charge in [0.2, 0.25) is 5.88 Å². The Morgan fingerprint density at radius 2 is 2.16 bits per heavy atom. The minimum absolute atomic E-state index is 0.00368. The van der Waals surface area contributed by atoms with Gasteiger partial charge in [-0.1, -0.05) is 6.07 Å². The van der Waals surface area contributed by atoms with Crippen molar-refractivity contribution in [3.8, 4) is 5.88 Å². The molecule has 0 bridgehead atoms. The quantitative estimate of drug-likeness (QED) is 0.895. The molecule has 6 nitrogen and oxygen atoms in total. The van der Waals surface area contributed by atoms with Crippen molar-refractivity contribution in [2.45, 2.75) is 13.3 Å². The molecule has 0 aliphatic heterocycles. The maximum Gasteiger partial charge on any atom is 0.354 e. The zero-order valence-electron chi connectivity index (χ0n) is 10.6. The topological polar surface area (TPSA) is 85.2 Å². The number of aryl methyl sites for hydroxylation is 1. The Labute approximate surface area is 110 Å². The van der Waals surface area contributed by atoms with Gasteiger partial charge in [0.25, 0.3) is 0 Å². The van der Waals surface area contributed by atoms with Gasteiger partial charge in [0.1, 0.15) is 5.82 Å². The third-order valence-electron chi connectivity index (χ3n) is 2.49. The largest absolute Gasteiger partial charge is 0.481 e. The number of methoxy groups -OCH3 is 1. The molecule has 0 fully saturated rings. The standard InChI is InChI=1S/C13H13N3O3/c1-8-5-10(13(17)18)16-11(15-8)6-9-3-4-12(19-2)14-7-9/h3-5,7H,6H2,1-2H3,(H,17,18). The van der Waals surface area contributed by atoms with Crippen LogP contribution >= 0.6 is 0 Å². The van der Waals surface area contributed by atoms with E-state index in [2.05, 4.69) is 15.0 Å². The average molecular weight is 259 g/mol. The Balaban J connectivity index is 2.24. The van der Waals surface area contributed by atoms with E-state index in [0.29, 0.717) is 23.8 Å². The van der Waals surface area contributed by atoms with Gasteiger partial charge in [0.05, 0.1) is 7.11 Å². The molecule has 1 N–H and O–H groups in total. The van der Waals surface area contributed by atoms with E-state index in [-0.39, 0.29) is 5.69 Å². The van der Waals surface area contributed by atoms with Crippen LogP contribution in [-0.2, 0) is 6.42 Å². The molecule has 0 spiro atoms. The maximum atomic E-state index is 10.9. The fourth-order valence-corrected chi connectivity index (χ4v) is 1.64. The minimum atomic E-state index is -1.06. The van der Waals surface area contributed by atoms with Crippen molar-refractivity contribution < 1.29 is 14.6 Å². The molecule has 2 aromatic heterocycles. The number of carboxylic acid groups (broad SMARTS) is 1. The van der Waals surface area contributed by atoms with Crippen LogP contribution in [0, 0.1) is 6.92 Å². The number of pyridine rings is 1. The zero-order chi connectivity index (χ0) is 13.8. The summed E-state index contributed by atoms with van der Waals surface area (Å²) >= 11 is 0. The predicted octanol–water partition coefficient (Wildman–Crippen LogP) is 1.48. The predicted molar refractivity (Wildman–Crippen MR) is 67.3 cm³/mol. The van der Waals surface area contributed by atoms with Crippen LogP contribution in [0.5, 0.6) is 5.88 Å². The van der Waals surface area contributed by atoms with Crippen molar-refractivity contribution in [1.29, 1.82) is 0 Å². The highest BCUT2D eigenvalue weighted by atomic mass is 16.5. The number of hydrogen-bond donors (Lipinski definition) is 1. The van der Waals surface area contributed by atoms with Gasteiger partial charge in [-0.2, -0.15) is 0 Å². The summed E-state index contributed by atoms with van der Waals surface area (Å²) in [5.74, 6) is -0.0656. The minimum Gasteiger partial charge on any atom is -0.481 e. The Kier molecular flexibility index (Phi) is 3.70. The molecule has 0 aliphatic carbocycles. The number of nitrogens with zero attached hydrogens (tertiary/aromatic N) is 3. The van der Waals surface area contributed by atoms with Crippen LogP contribution in [0.25, 0.3) is 0 Å². The van der Waals surface area contributed by atoms with E-state index in [1.54, 1.807) is 26.3 Å². The van der Waals surface area contributed by atoms with Crippen LogP contribution in [0.4, 0.5) is 0 Å². The van der Waals surface area contributed by atoms with Gasteiger partial charge in [-0.15, -0.1) is 0 Å². The third-order valence-corrected chi connectivity index (χ3v) is 2.49. The molecule has 0 amide bonds. The first-order valence-electron chi connectivity index (χ1n) is 5.65. The summed E-state index contributed by atoms with van der Waals surface area (Å²) in [6.45, 7) is 1.74. The Morgan fingerprint density at radius 1 is 1.37 bits per heavy atom. The van der Waals surface area contributed by atoms with E-state index >= 15 is 0 Å². The molecule has 19 heavy (non-hydrogen) atoms. The summed E-state index contributed by atoms with van der Waals surface area (Å²) in [7, 11) is 1.55. The van der Waals surface area contributed by atoms with E-state index in [4.69, 9.17) is 9.84 Å². The second kappa shape index (κ2) is 5.43. The molecule has 0 aliphatic rings. The molecule has 0 atom stereocenters. The number of aromatic nitrogens is 3. The van der Waals surface area contributed by atoms with Crippen molar-refractivity contribution in [3.63, 3.8) is 0 Å². The van der Waals surface area contributed by atoms with Crippen LogP contribution in [-0.4, -0.2) is 33.1 Å². The molecule has 2 aromatic rings. The highest BCUT2D eigenvalue weighted by Gasteiger charge is 2.09. The summed E-state index contributed by atoms with van der Waals surface area (Å²) in [4.78, 5) is 23.2. The van der Waals surface area contributed by atoms with Gasteiger partial charge in [-0.25, -0.2) is 19.7 Å². The van der Waals surface area contributed by atoms with E-state index in [0.717, 1.165) is 5.56 Å². The van der Waals surface area contributed by atoms with Gasteiger partial charge >= 0.3 is 5.97 Å². The van der Waals surface area contributed by atoms with Gasteiger partial charge in [0, 0.05) is 24.4 Å². The molecule has 0 aromatic carbocycles. The molecule has 2 rings (SSSR count). The van der Waals surface area contributed by atoms with E-state index in [1.807, 2.05) is 6.07 Å². The Morgan fingerprint density at radius 3 is 2.74 bits per heavy atom. The summed E-state index contributed by atoms with van der Waals surface area (Å²) in [5.41, 5.74) is 1.52. The summed E-state index contributed by atoms with van der Waals surface area (Å²) in [5, 5.41) is 8.95. The molecule has 0 saturated carbocycles. The van der Waals surface area contributed by atoms with Gasteiger partial charge in [0.15, 0.2) is 5.69 Å². The molecule has 0 saturated heterocycles. The van der Waals surface area contributed by atoms with Crippen LogP contribution in [0.3, 0.4) is 0 Å². The van der Waals surface area contributed by atoms with Crippen LogP contribution in [0.15, 0.2) is 24.4 Å². The lowest BCUT2D eigenvalue weighted by molar-refractivity contribution is 0.0689. The highest BCUT2D eigenvalue weighted by molar-refractivity contribution is 5.85. The molecule has 6 heteroatoms. The van der Waals surface area contributed by atoms with Gasteiger partial charge in [-0.3, -0.25) is 0 Å². The fraction of sp³-hybridized carbons (Fsp3) is 0.231. The number of ether oxygens (including phenoxy) is 1. The molecule has 0 unspecified atom stereocenters. The fourth-order valence-electron chi connectivity index (χ4n) is 1.64. The lowest BCUT2D eigenvalue weighted by Gasteiger charge is -2.04. The average Bonchev–Trinajstić information content (AvgIpc) is 2.39. The van der Waals surface area contributed by atoms with Gasteiger partial charge < -0.3 is 9.84 Å². The first-order chi connectivity index (χ1) is 9.08. The first-order valence-corrected chi connectivity index (χ1v) is 5.65. The van der Waals surface area contributed by atoms with Crippen molar-refractivity contribution in [2.24, 2.45) is 0 Å². The van der Waals surface area contributed by atoms with Crippen molar-refractivity contribution in [2.75, 3.05) is 7.11 Å². The van der Waals surface area contributed by atoms with E-state index in [9.17, 15) is 4.79 Å². The first kappa shape index (κ1) is 12.9. The SMILES string of the molecule is COc1ccc(Cc2nc(C)cc(C(=O)O)n2)cn1. The highest BCUT2D eigenvalue weighted by Crippen LogP contribution is 2.10. The number of rotatable bonds is 4. The summed E-state index contributed by atoms with van der Waals surface area (Å²) in [6, 6.07) is 5.03. The molecule has 0 radical (unpaired) electrons. The third kappa shape index (κ3) is 3.25. The van der Waals surface area contributed by atoms with Crippen LogP contribution < -0.4 is 4.74 Å². The van der Waals surface area contributed by atoms with Crippen molar-refractivity contribution >= 4 is 5.97 Å². The van der Waals surface area contributed by atoms with E-state index < -0.39 is 5.97 Å². The molecule has 98 valence electrons. The van der Waals surface area contributed by atoms with Crippen LogP contribution in [0.2, 0.25) is 0 Å². The second-order valence-corrected chi connectivity index (χ2v) is 4.00. The Hall–Kier alpha value is -2.50. The maximum absolute atomic E-state index is 10.9. The van der Waals surface area contributed by atoms with Crippen molar-refractivity contribution in [1.82, 2.24) is 15.0 Å². The summed E-state index contributed by atoms with van der Waals surface area (Å²) < 4.78 is 4.97. The molecular weight excluding hydrogens is 246 g/mol. The summed E-state index contributed by atoms with van der Waals surface area (Å²) in [6.07, 6.45) is 2.09. The lowest BCUT2D eigenvalue weighted by atomic mass is 10.2. The number of carboxylic acids is 1. The van der Waals surface area contributed by atoms with Gasteiger partial charge in [-0.05, 0) is 18.6 Å². The van der Waals surface area contributed by atoms with Crippen LogP contribution in [0.1, 0.15) is 27.6 Å². The normalized spacial score (nSPS) is 10.2. The monoisotopic (exact) mass is 259 g/mol. The second-order valence-electron chi connectivity index (χ2n) is 4.00. The van der Waals surface area contributed by atoms with E-state index in [1.165, 1.54) is 6.07 Å². The Bertz CT molecular complexity index is 597. The number of hydrogen-bond acceptors (Lipinski definition) is 5. The lowest BCUT2D eigenvalue weighted by Crippen LogP contribution is -2.07. The molecular formula is C13H13N3O3.